The van der Waals surface area contributed by atoms with Crippen molar-refractivity contribution in [3.63, 3.8) is 0 Å². The van der Waals surface area contributed by atoms with Gasteiger partial charge in [-0.25, -0.2) is 12.8 Å². The van der Waals surface area contributed by atoms with Crippen LogP contribution in [0.3, 0.4) is 0 Å². The second-order valence-corrected chi connectivity index (χ2v) is 8.83. The maximum atomic E-state index is 12.9. The molecule has 0 saturated heterocycles. The number of sulfone groups is 1. The Kier molecular flexibility index (Phi) is 6.53. The van der Waals surface area contributed by atoms with Gasteiger partial charge in [0.2, 0.25) is 5.91 Å². The summed E-state index contributed by atoms with van der Waals surface area (Å²) in [5, 5.41) is 2.87. The Bertz CT molecular complexity index is 867. The number of rotatable bonds is 7. The smallest absolute Gasteiger partial charge is 0.224 e. The molecule has 0 bridgehead atoms. The predicted molar refractivity (Wildman–Crippen MR) is 102 cm³/mol. The first-order valence-electron chi connectivity index (χ1n) is 8.49. The van der Waals surface area contributed by atoms with Crippen LogP contribution >= 0.6 is 0 Å². The van der Waals surface area contributed by atoms with Crippen molar-refractivity contribution in [3.05, 3.63) is 64.5 Å². The fourth-order valence-electron chi connectivity index (χ4n) is 2.94. The molecule has 140 valence electrons. The number of anilines is 1. The molecule has 2 rings (SSSR count). The molecule has 26 heavy (non-hydrogen) atoms. The third-order valence-corrected chi connectivity index (χ3v) is 5.78. The van der Waals surface area contributed by atoms with E-state index in [2.05, 4.69) is 5.32 Å². The highest BCUT2D eigenvalue weighted by Crippen LogP contribution is 2.22. The first-order valence-corrected chi connectivity index (χ1v) is 10.3. The van der Waals surface area contributed by atoms with Crippen LogP contribution in [0.4, 0.5) is 10.1 Å². The van der Waals surface area contributed by atoms with Crippen LogP contribution in [0.5, 0.6) is 0 Å². The lowest BCUT2D eigenvalue weighted by molar-refractivity contribution is -0.116. The molecule has 0 unspecified atom stereocenters. The van der Waals surface area contributed by atoms with Gasteiger partial charge in [-0.1, -0.05) is 29.8 Å². The van der Waals surface area contributed by atoms with Crippen molar-refractivity contribution in [2.45, 2.75) is 39.4 Å². The van der Waals surface area contributed by atoms with Crippen LogP contribution in [-0.2, 0) is 20.4 Å². The Morgan fingerprint density at radius 3 is 2.19 bits per heavy atom. The quantitative estimate of drug-likeness (QED) is 0.791. The van der Waals surface area contributed by atoms with E-state index in [-0.39, 0.29) is 30.3 Å². The van der Waals surface area contributed by atoms with Crippen LogP contribution in [-0.4, -0.2) is 20.1 Å². The van der Waals surface area contributed by atoms with Crippen LogP contribution in [0.15, 0.2) is 36.4 Å². The molecule has 0 spiro atoms. The van der Waals surface area contributed by atoms with Gasteiger partial charge in [-0.3, -0.25) is 4.79 Å². The fraction of sp³-hybridized carbons (Fsp3) is 0.350. The number of hydrogen-bond donors (Lipinski definition) is 1. The normalized spacial score (nSPS) is 11.4. The van der Waals surface area contributed by atoms with Gasteiger partial charge in [0.1, 0.15) is 5.82 Å². The molecule has 1 amide bonds. The monoisotopic (exact) mass is 377 g/mol. The van der Waals surface area contributed by atoms with Gasteiger partial charge < -0.3 is 5.32 Å². The molecule has 0 aliphatic rings. The van der Waals surface area contributed by atoms with Gasteiger partial charge >= 0.3 is 0 Å². The topological polar surface area (TPSA) is 63.2 Å². The number of amides is 1. The van der Waals surface area contributed by atoms with Gasteiger partial charge in [0.05, 0.1) is 11.5 Å². The van der Waals surface area contributed by atoms with Gasteiger partial charge in [-0.15, -0.1) is 0 Å². The highest BCUT2D eigenvalue weighted by atomic mass is 32.2. The average Bonchev–Trinajstić information content (AvgIpc) is 2.52. The second-order valence-electron chi connectivity index (χ2n) is 6.64. The zero-order chi connectivity index (χ0) is 19.3. The minimum atomic E-state index is -3.34. The van der Waals surface area contributed by atoms with E-state index in [1.807, 2.05) is 32.9 Å². The maximum Gasteiger partial charge on any atom is 0.224 e. The molecule has 0 aliphatic carbocycles. The third-order valence-electron chi connectivity index (χ3n) is 4.10. The van der Waals surface area contributed by atoms with Crippen LogP contribution in [0, 0.1) is 26.6 Å². The Morgan fingerprint density at radius 1 is 1.04 bits per heavy atom. The first kappa shape index (κ1) is 20.1. The molecule has 0 heterocycles. The van der Waals surface area contributed by atoms with E-state index >= 15 is 0 Å². The minimum Gasteiger partial charge on any atom is -0.326 e. The lowest BCUT2D eigenvalue weighted by Gasteiger charge is -2.13. The SMILES string of the molecule is Cc1cc(C)c(NC(=O)CCCS(=O)(=O)Cc2ccc(F)cc2)c(C)c1. The summed E-state index contributed by atoms with van der Waals surface area (Å²) in [6, 6.07) is 9.39. The van der Waals surface area contributed by atoms with Crippen molar-refractivity contribution >= 4 is 21.4 Å². The summed E-state index contributed by atoms with van der Waals surface area (Å²) >= 11 is 0. The minimum absolute atomic E-state index is 0.0797. The largest absolute Gasteiger partial charge is 0.326 e. The lowest BCUT2D eigenvalue weighted by Crippen LogP contribution is -2.16. The molecule has 0 aliphatic heterocycles. The summed E-state index contributed by atoms with van der Waals surface area (Å²) in [6.07, 6.45) is 0.384. The van der Waals surface area contributed by atoms with Gasteiger partial charge in [-0.2, -0.15) is 0 Å². The van der Waals surface area contributed by atoms with Crippen LogP contribution in [0.25, 0.3) is 0 Å². The molecular weight excluding hydrogens is 353 g/mol. The molecule has 0 aromatic heterocycles. The Balaban J connectivity index is 1.87. The number of benzene rings is 2. The zero-order valence-corrected chi connectivity index (χ0v) is 16.1. The number of aryl methyl sites for hydroxylation is 3. The standard InChI is InChI=1S/C20H24FNO3S/c1-14-11-15(2)20(16(3)12-14)22-19(23)5-4-10-26(24,25)13-17-6-8-18(21)9-7-17/h6-9,11-12H,4-5,10,13H2,1-3H3,(H,22,23). The van der Waals surface area contributed by atoms with E-state index in [1.165, 1.54) is 24.3 Å². The fourth-order valence-corrected chi connectivity index (χ4v) is 4.37. The van der Waals surface area contributed by atoms with E-state index < -0.39 is 15.7 Å². The van der Waals surface area contributed by atoms with Crippen molar-refractivity contribution < 1.29 is 17.6 Å². The van der Waals surface area contributed by atoms with Crippen LogP contribution in [0.1, 0.15) is 35.1 Å². The molecule has 0 saturated carbocycles. The summed E-state index contributed by atoms with van der Waals surface area (Å²) < 4.78 is 37.2. The highest BCUT2D eigenvalue weighted by Gasteiger charge is 2.14. The second kappa shape index (κ2) is 8.45. The Hall–Kier alpha value is -2.21. The van der Waals surface area contributed by atoms with Crippen LogP contribution in [0.2, 0.25) is 0 Å². The van der Waals surface area contributed by atoms with Gasteiger partial charge in [0.15, 0.2) is 9.84 Å². The van der Waals surface area contributed by atoms with Crippen molar-refractivity contribution in [1.82, 2.24) is 0 Å². The maximum absolute atomic E-state index is 12.9. The Labute approximate surface area is 154 Å². The summed E-state index contributed by atoms with van der Waals surface area (Å²) in [6.45, 7) is 5.86. The molecular formula is C20H24FNO3S. The molecule has 0 fully saturated rings. The number of carbonyl (C=O) groups excluding carboxylic acids is 1. The number of nitrogens with one attached hydrogen (secondary N) is 1. The summed E-state index contributed by atoms with van der Waals surface area (Å²) in [5.41, 5.74) is 4.43. The molecule has 4 nitrogen and oxygen atoms in total. The lowest BCUT2D eigenvalue weighted by atomic mass is 10.0. The molecule has 0 atom stereocenters. The molecule has 6 heteroatoms. The van der Waals surface area contributed by atoms with E-state index in [4.69, 9.17) is 0 Å². The number of hydrogen-bond acceptors (Lipinski definition) is 3. The zero-order valence-electron chi connectivity index (χ0n) is 15.3. The van der Waals surface area contributed by atoms with E-state index in [0.29, 0.717) is 5.56 Å². The summed E-state index contributed by atoms with van der Waals surface area (Å²) in [7, 11) is -3.34. The highest BCUT2D eigenvalue weighted by molar-refractivity contribution is 7.90. The molecule has 0 radical (unpaired) electrons. The number of carbonyl (C=O) groups is 1. The molecule has 2 aromatic carbocycles. The predicted octanol–water partition coefficient (Wildman–Crippen LogP) is 4.08. The summed E-state index contributed by atoms with van der Waals surface area (Å²) in [5.74, 6) is -0.823. The van der Waals surface area contributed by atoms with E-state index in [0.717, 1.165) is 22.4 Å². The molecule has 1 N–H and O–H groups in total. The third kappa shape index (κ3) is 5.95. The summed E-state index contributed by atoms with van der Waals surface area (Å²) in [4.78, 5) is 12.1. The van der Waals surface area contributed by atoms with Crippen molar-refractivity contribution in [1.29, 1.82) is 0 Å². The van der Waals surface area contributed by atoms with Gasteiger partial charge in [0, 0.05) is 12.1 Å². The van der Waals surface area contributed by atoms with Crippen molar-refractivity contribution in [2.24, 2.45) is 0 Å². The van der Waals surface area contributed by atoms with E-state index in [1.54, 1.807) is 0 Å². The van der Waals surface area contributed by atoms with Crippen molar-refractivity contribution in [2.75, 3.05) is 11.1 Å². The van der Waals surface area contributed by atoms with Crippen LogP contribution < -0.4 is 5.32 Å². The number of halogens is 1. The molecule has 2 aromatic rings. The van der Waals surface area contributed by atoms with Crippen molar-refractivity contribution in [3.8, 4) is 0 Å². The van der Waals surface area contributed by atoms with Gasteiger partial charge in [-0.05, 0) is 56.0 Å². The average molecular weight is 377 g/mol. The first-order chi connectivity index (χ1) is 12.2. The Morgan fingerprint density at radius 2 is 1.62 bits per heavy atom. The van der Waals surface area contributed by atoms with E-state index in [9.17, 15) is 17.6 Å². The van der Waals surface area contributed by atoms with Gasteiger partial charge in [0.25, 0.3) is 0 Å².